The second-order valence-electron chi connectivity index (χ2n) is 6.83. The van der Waals surface area contributed by atoms with Crippen molar-refractivity contribution in [3.63, 3.8) is 0 Å². The molecule has 0 bridgehead atoms. The summed E-state index contributed by atoms with van der Waals surface area (Å²) >= 11 is 3.38. The molecule has 1 aliphatic rings. The molecule has 3 aromatic carbocycles. The van der Waals surface area contributed by atoms with E-state index in [9.17, 15) is 13.2 Å². The molecule has 1 aliphatic heterocycles. The predicted molar refractivity (Wildman–Crippen MR) is 121 cm³/mol. The Labute approximate surface area is 183 Å². The van der Waals surface area contributed by atoms with Crippen molar-refractivity contribution in [2.45, 2.75) is 6.42 Å². The minimum absolute atomic E-state index is 0.137. The van der Waals surface area contributed by atoms with Gasteiger partial charge in [0.05, 0.1) is 11.4 Å². The van der Waals surface area contributed by atoms with Gasteiger partial charge < -0.3 is 10.1 Å². The maximum atomic E-state index is 12.6. The lowest BCUT2D eigenvalue weighted by molar-refractivity contribution is 0.102. The van der Waals surface area contributed by atoms with Gasteiger partial charge in [0.1, 0.15) is 11.5 Å². The van der Waals surface area contributed by atoms with Crippen LogP contribution in [-0.2, 0) is 10.0 Å². The number of halogens is 1. The molecule has 0 spiro atoms. The van der Waals surface area contributed by atoms with Gasteiger partial charge in [0.15, 0.2) is 0 Å². The van der Waals surface area contributed by atoms with Crippen molar-refractivity contribution < 1.29 is 17.9 Å². The number of carbonyl (C=O) groups excluding carboxylic acids is 1. The average Bonchev–Trinajstić information content (AvgIpc) is 3.10. The van der Waals surface area contributed by atoms with Crippen molar-refractivity contribution in [3.8, 4) is 11.5 Å². The standard InChI is InChI=1S/C22H19BrN2O4S/c23-17-5-9-20(10-6-17)29-21-11-7-18(8-12-21)24-22(26)16-3-1-4-19(15-16)25-13-2-14-30(25,27)28/h1,3-12,15H,2,13-14H2,(H,24,26). The first-order valence-electron chi connectivity index (χ1n) is 9.36. The highest BCUT2D eigenvalue weighted by Crippen LogP contribution is 2.26. The van der Waals surface area contributed by atoms with Gasteiger partial charge in [-0.25, -0.2) is 8.42 Å². The Hall–Kier alpha value is -2.84. The van der Waals surface area contributed by atoms with E-state index in [0.717, 1.165) is 4.47 Å². The van der Waals surface area contributed by atoms with Crippen LogP contribution in [0.5, 0.6) is 11.5 Å². The molecule has 1 heterocycles. The topological polar surface area (TPSA) is 75.7 Å². The predicted octanol–water partition coefficient (Wildman–Crippen LogP) is 5.03. The molecule has 0 atom stereocenters. The number of nitrogens with one attached hydrogen (secondary N) is 1. The third-order valence-electron chi connectivity index (χ3n) is 4.66. The maximum Gasteiger partial charge on any atom is 0.255 e. The molecular weight excluding hydrogens is 468 g/mol. The summed E-state index contributed by atoms with van der Waals surface area (Å²) in [5, 5.41) is 2.83. The Bertz CT molecular complexity index is 1160. The van der Waals surface area contributed by atoms with Gasteiger partial charge in [0.2, 0.25) is 10.0 Å². The summed E-state index contributed by atoms with van der Waals surface area (Å²) in [7, 11) is -3.29. The molecular formula is C22H19BrN2O4S. The van der Waals surface area contributed by atoms with E-state index in [2.05, 4.69) is 21.2 Å². The van der Waals surface area contributed by atoms with E-state index in [1.54, 1.807) is 48.5 Å². The molecule has 1 fully saturated rings. The second kappa shape index (κ2) is 8.49. The van der Waals surface area contributed by atoms with E-state index in [1.807, 2.05) is 24.3 Å². The lowest BCUT2D eigenvalue weighted by Crippen LogP contribution is -2.25. The molecule has 1 amide bonds. The molecule has 0 aliphatic carbocycles. The molecule has 6 nitrogen and oxygen atoms in total. The summed E-state index contributed by atoms with van der Waals surface area (Å²) in [6.45, 7) is 0.438. The first-order valence-corrected chi connectivity index (χ1v) is 11.8. The van der Waals surface area contributed by atoms with Crippen LogP contribution >= 0.6 is 15.9 Å². The van der Waals surface area contributed by atoms with Gasteiger partial charge in [-0.15, -0.1) is 0 Å². The number of hydrogen-bond acceptors (Lipinski definition) is 4. The van der Waals surface area contributed by atoms with E-state index < -0.39 is 10.0 Å². The largest absolute Gasteiger partial charge is 0.457 e. The molecule has 3 aromatic rings. The van der Waals surface area contributed by atoms with Crippen LogP contribution in [0.1, 0.15) is 16.8 Å². The smallest absolute Gasteiger partial charge is 0.255 e. The van der Waals surface area contributed by atoms with Crippen LogP contribution in [0.2, 0.25) is 0 Å². The van der Waals surface area contributed by atoms with Gasteiger partial charge in [-0.3, -0.25) is 9.10 Å². The molecule has 0 unspecified atom stereocenters. The van der Waals surface area contributed by atoms with Gasteiger partial charge in [0, 0.05) is 22.3 Å². The van der Waals surface area contributed by atoms with Crippen molar-refractivity contribution in [1.82, 2.24) is 0 Å². The van der Waals surface area contributed by atoms with Gasteiger partial charge in [-0.2, -0.15) is 0 Å². The summed E-state index contributed by atoms with van der Waals surface area (Å²) in [6.07, 6.45) is 0.591. The minimum atomic E-state index is -3.29. The zero-order chi connectivity index (χ0) is 21.1. The number of benzene rings is 3. The molecule has 30 heavy (non-hydrogen) atoms. The molecule has 1 saturated heterocycles. The summed E-state index contributed by atoms with van der Waals surface area (Å²) in [5.41, 5.74) is 1.52. The first kappa shape index (κ1) is 20.4. The number of hydrogen-bond donors (Lipinski definition) is 1. The van der Waals surface area contributed by atoms with Gasteiger partial charge in [0.25, 0.3) is 5.91 Å². The van der Waals surface area contributed by atoms with Crippen molar-refractivity contribution in [1.29, 1.82) is 0 Å². The van der Waals surface area contributed by atoms with Crippen molar-refractivity contribution in [2.24, 2.45) is 0 Å². The van der Waals surface area contributed by atoms with Crippen molar-refractivity contribution >= 4 is 43.2 Å². The maximum absolute atomic E-state index is 12.6. The number of carbonyl (C=O) groups is 1. The summed E-state index contributed by atoms with van der Waals surface area (Å²) in [5.74, 6) is 1.19. The normalized spacial score (nSPS) is 15.0. The Morgan fingerprint density at radius 3 is 2.27 bits per heavy atom. The van der Waals surface area contributed by atoms with Gasteiger partial charge in [-0.05, 0) is 73.2 Å². The van der Waals surface area contributed by atoms with Crippen LogP contribution in [0, 0.1) is 0 Å². The number of amides is 1. The van der Waals surface area contributed by atoms with E-state index in [0.29, 0.717) is 41.4 Å². The zero-order valence-corrected chi connectivity index (χ0v) is 18.3. The fourth-order valence-electron chi connectivity index (χ4n) is 3.18. The molecule has 0 saturated carbocycles. The van der Waals surface area contributed by atoms with E-state index >= 15 is 0 Å². The zero-order valence-electron chi connectivity index (χ0n) is 15.9. The SMILES string of the molecule is O=C(Nc1ccc(Oc2ccc(Br)cc2)cc1)c1cccc(N2CCCS2(=O)=O)c1. The molecule has 154 valence electrons. The highest BCUT2D eigenvalue weighted by Gasteiger charge is 2.28. The van der Waals surface area contributed by atoms with Crippen LogP contribution in [-0.4, -0.2) is 26.6 Å². The van der Waals surface area contributed by atoms with E-state index in [1.165, 1.54) is 4.31 Å². The van der Waals surface area contributed by atoms with Crippen LogP contribution < -0.4 is 14.4 Å². The third-order valence-corrected chi connectivity index (χ3v) is 7.06. The average molecular weight is 487 g/mol. The molecule has 4 rings (SSSR count). The van der Waals surface area contributed by atoms with Crippen LogP contribution in [0.25, 0.3) is 0 Å². The lowest BCUT2D eigenvalue weighted by atomic mass is 10.1. The highest BCUT2D eigenvalue weighted by atomic mass is 79.9. The number of rotatable bonds is 5. The third kappa shape index (κ3) is 4.66. The highest BCUT2D eigenvalue weighted by molar-refractivity contribution is 9.10. The Balaban J connectivity index is 1.44. The van der Waals surface area contributed by atoms with Gasteiger partial charge in [-0.1, -0.05) is 22.0 Å². The molecule has 0 radical (unpaired) electrons. The van der Waals surface area contributed by atoms with Crippen molar-refractivity contribution in [2.75, 3.05) is 21.9 Å². The Morgan fingerprint density at radius 2 is 1.63 bits per heavy atom. The van der Waals surface area contributed by atoms with E-state index in [-0.39, 0.29) is 11.7 Å². The summed E-state index contributed by atoms with van der Waals surface area (Å²) in [6, 6.07) is 21.2. The number of anilines is 2. The Morgan fingerprint density at radius 1 is 0.967 bits per heavy atom. The molecule has 1 N–H and O–H groups in total. The lowest BCUT2D eigenvalue weighted by Gasteiger charge is -2.17. The first-order chi connectivity index (χ1) is 14.4. The number of sulfonamides is 1. The van der Waals surface area contributed by atoms with Crippen LogP contribution in [0.3, 0.4) is 0 Å². The fraction of sp³-hybridized carbons (Fsp3) is 0.136. The van der Waals surface area contributed by atoms with Crippen LogP contribution in [0.15, 0.2) is 77.3 Å². The minimum Gasteiger partial charge on any atom is -0.457 e. The molecule has 0 aromatic heterocycles. The molecule has 8 heteroatoms. The van der Waals surface area contributed by atoms with E-state index in [4.69, 9.17) is 4.74 Å². The van der Waals surface area contributed by atoms with Crippen molar-refractivity contribution in [3.05, 3.63) is 82.8 Å². The number of nitrogens with zero attached hydrogens (tertiary/aromatic N) is 1. The summed E-state index contributed by atoms with van der Waals surface area (Å²) < 4.78 is 32.4. The van der Waals surface area contributed by atoms with Crippen LogP contribution in [0.4, 0.5) is 11.4 Å². The van der Waals surface area contributed by atoms with Gasteiger partial charge >= 0.3 is 0 Å². The quantitative estimate of drug-likeness (QED) is 0.548. The second-order valence-corrected chi connectivity index (χ2v) is 9.76. The monoisotopic (exact) mass is 486 g/mol. The fourth-order valence-corrected chi connectivity index (χ4v) is 5.00. The number of ether oxygens (including phenoxy) is 1. The summed E-state index contributed by atoms with van der Waals surface area (Å²) in [4.78, 5) is 12.6. The Kier molecular flexibility index (Phi) is 5.78.